The number of hydrogen-bond acceptors (Lipinski definition) is 2. The van der Waals surface area contributed by atoms with E-state index in [1.807, 2.05) is 36.4 Å². The maximum absolute atomic E-state index is 9.23. The van der Waals surface area contributed by atoms with Gasteiger partial charge in [0.1, 0.15) is 6.07 Å². The molecule has 0 aliphatic rings. The molecule has 0 spiro atoms. The number of hydrogen-bond donors (Lipinski definition) is 1. The van der Waals surface area contributed by atoms with Crippen LogP contribution >= 0.6 is 31.9 Å². The summed E-state index contributed by atoms with van der Waals surface area (Å²) >= 11 is 7.01. The fourth-order valence-electron chi connectivity index (χ4n) is 2.23. The third-order valence-electron chi connectivity index (χ3n) is 3.24. The van der Waals surface area contributed by atoms with Crippen LogP contribution in [0.2, 0.25) is 0 Å². The molecule has 0 atom stereocenters. The number of nitrogens with zero attached hydrogens (tertiary/aromatic N) is 1. The van der Waals surface area contributed by atoms with E-state index in [1.165, 1.54) is 0 Å². The summed E-state index contributed by atoms with van der Waals surface area (Å²) < 4.78 is 1.99. The van der Waals surface area contributed by atoms with Gasteiger partial charge in [-0.05, 0) is 35.7 Å². The molecule has 0 aliphatic carbocycles. The van der Waals surface area contributed by atoms with Gasteiger partial charge in [0.05, 0.1) is 11.3 Å². The quantitative estimate of drug-likeness (QED) is 0.573. The van der Waals surface area contributed by atoms with Crippen molar-refractivity contribution in [3.8, 4) is 6.07 Å². The first-order valence-electron chi connectivity index (χ1n) is 6.33. The molecule has 0 aliphatic heterocycles. The molecule has 0 saturated carbocycles. The summed E-state index contributed by atoms with van der Waals surface area (Å²) in [5, 5.41) is 14.8. The van der Waals surface area contributed by atoms with Crippen molar-refractivity contribution in [1.82, 2.24) is 0 Å². The lowest BCUT2D eigenvalue weighted by atomic mass is 10.1. The smallest absolute Gasteiger partial charge is 0.101 e. The molecule has 102 valence electrons. The van der Waals surface area contributed by atoms with Gasteiger partial charge < -0.3 is 5.32 Å². The van der Waals surface area contributed by atoms with Crippen LogP contribution in [0.1, 0.15) is 5.56 Å². The summed E-state index contributed by atoms with van der Waals surface area (Å²) in [4.78, 5) is 0. The highest BCUT2D eigenvalue weighted by Gasteiger charge is 2.07. The summed E-state index contributed by atoms with van der Waals surface area (Å²) in [6.45, 7) is 0. The van der Waals surface area contributed by atoms with E-state index in [0.717, 1.165) is 31.1 Å². The van der Waals surface area contributed by atoms with Crippen molar-refractivity contribution >= 4 is 54.0 Å². The first kappa shape index (κ1) is 14.1. The van der Waals surface area contributed by atoms with Crippen LogP contribution in [0.4, 0.5) is 11.4 Å². The fourth-order valence-corrected chi connectivity index (χ4v) is 3.07. The van der Waals surface area contributed by atoms with Gasteiger partial charge in [-0.25, -0.2) is 0 Å². The van der Waals surface area contributed by atoms with E-state index in [9.17, 15) is 5.26 Å². The predicted molar refractivity (Wildman–Crippen MR) is 93.8 cm³/mol. The minimum Gasteiger partial charge on any atom is -0.354 e. The van der Waals surface area contributed by atoms with Crippen LogP contribution in [-0.2, 0) is 0 Å². The van der Waals surface area contributed by atoms with E-state index in [-0.39, 0.29) is 0 Å². The van der Waals surface area contributed by atoms with Crippen molar-refractivity contribution in [1.29, 1.82) is 5.26 Å². The van der Waals surface area contributed by atoms with E-state index >= 15 is 0 Å². The lowest BCUT2D eigenvalue weighted by Gasteiger charge is -2.12. The van der Waals surface area contributed by atoms with E-state index in [2.05, 4.69) is 55.4 Å². The predicted octanol–water partition coefficient (Wildman–Crippen LogP) is 5.98. The second kappa shape index (κ2) is 5.88. The maximum atomic E-state index is 9.23. The van der Waals surface area contributed by atoms with Gasteiger partial charge in [-0.1, -0.05) is 56.1 Å². The molecule has 0 unspecified atom stereocenters. The standard InChI is InChI=1S/C17H10Br2N2/c18-12-6-5-11(10-20)17(9-12)21-16-8-7-15(19)13-3-1-2-4-14(13)16/h1-9,21H. The van der Waals surface area contributed by atoms with E-state index in [0.29, 0.717) is 5.56 Å². The Morgan fingerprint density at radius 3 is 2.38 bits per heavy atom. The highest BCUT2D eigenvalue weighted by Crippen LogP contribution is 2.33. The zero-order chi connectivity index (χ0) is 14.8. The summed E-state index contributed by atoms with van der Waals surface area (Å²) in [7, 11) is 0. The summed E-state index contributed by atoms with van der Waals surface area (Å²) in [6, 6.07) is 19.9. The number of fused-ring (bicyclic) bond motifs is 1. The Morgan fingerprint density at radius 1 is 0.857 bits per heavy atom. The lowest BCUT2D eigenvalue weighted by Crippen LogP contribution is -1.95. The highest BCUT2D eigenvalue weighted by atomic mass is 79.9. The van der Waals surface area contributed by atoms with Crippen LogP contribution in [0.5, 0.6) is 0 Å². The number of benzene rings is 3. The minimum atomic E-state index is 0.616. The van der Waals surface area contributed by atoms with Crippen molar-refractivity contribution in [2.75, 3.05) is 5.32 Å². The van der Waals surface area contributed by atoms with Crippen molar-refractivity contribution < 1.29 is 0 Å². The first-order valence-corrected chi connectivity index (χ1v) is 7.91. The Labute approximate surface area is 139 Å². The van der Waals surface area contributed by atoms with E-state index < -0.39 is 0 Å². The number of rotatable bonds is 2. The third-order valence-corrected chi connectivity index (χ3v) is 4.43. The topological polar surface area (TPSA) is 35.8 Å². The molecule has 4 heteroatoms. The highest BCUT2D eigenvalue weighted by molar-refractivity contribution is 9.11. The molecule has 3 rings (SSSR count). The van der Waals surface area contributed by atoms with Crippen molar-refractivity contribution in [3.05, 3.63) is 69.1 Å². The zero-order valence-corrected chi connectivity index (χ0v) is 14.1. The summed E-state index contributed by atoms with van der Waals surface area (Å²) in [5.41, 5.74) is 2.38. The van der Waals surface area contributed by atoms with Crippen molar-refractivity contribution in [2.45, 2.75) is 0 Å². The molecular weight excluding hydrogens is 392 g/mol. The molecule has 0 radical (unpaired) electrons. The van der Waals surface area contributed by atoms with Gasteiger partial charge in [0.2, 0.25) is 0 Å². The maximum Gasteiger partial charge on any atom is 0.101 e. The molecule has 0 heterocycles. The first-order chi connectivity index (χ1) is 10.2. The van der Waals surface area contributed by atoms with Crippen LogP contribution < -0.4 is 5.32 Å². The van der Waals surface area contributed by atoms with Gasteiger partial charge in [0, 0.05) is 20.0 Å². The van der Waals surface area contributed by atoms with Crippen LogP contribution in [0.3, 0.4) is 0 Å². The van der Waals surface area contributed by atoms with E-state index in [1.54, 1.807) is 6.07 Å². The molecular formula is C17H10Br2N2. The lowest BCUT2D eigenvalue weighted by molar-refractivity contribution is 1.46. The Kier molecular flexibility index (Phi) is 3.96. The second-order valence-corrected chi connectivity index (χ2v) is 6.34. The number of nitrogens with one attached hydrogen (secondary N) is 1. The normalized spacial score (nSPS) is 10.3. The molecule has 0 saturated heterocycles. The van der Waals surface area contributed by atoms with E-state index in [4.69, 9.17) is 0 Å². The number of halogens is 2. The SMILES string of the molecule is N#Cc1ccc(Br)cc1Nc1ccc(Br)c2ccccc12. The fraction of sp³-hybridized carbons (Fsp3) is 0. The molecule has 3 aromatic carbocycles. The Bertz CT molecular complexity index is 866. The Balaban J connectivity index is 2.13. The molecule has 3 aromatic rings. The average Bonchev–Trinajstić information content (AvgIpc) is 2.51. The Morgan fingerprint density at radius 2 is 1.62 bits per heavy atom. The Hall–Kier alpha value is -1.83. The molecule has 2 nitrogen and oxygen atoms in total. The average molecular weight is 402 g/mol. The van der Waals surface area contributed by atoms with Gasteiger partial charge >= 0.3 is 0 Å². The monoisotopic (exact) mass is 400 g/mol. The summed E-state index contributed by atoms with van der Waals surface area (Å²) in [5.74, 6) is 0. The molecule has 0 amide bonds. The van der Waals surface area contributed by atoms with Gasteiger partial charge in [0.25, 0.3) is 0 Å². The van der Waals surface area contributed by atoms with Crippen LogP contribution in [0, 0.1) is 11.3 Å². The summed E-state index contributed by atoms with van der Waals surface area (Å²) in [6.07, 6.45) is 0. The van der Waals surface area contributed by atoms with Crippen molar-refractivity contribution in [3.63, 3.8) is 0 Å². The minimum absolute atomic E-state index is 0.616. The number of nitriles is 1. The number of anilines is 2. The third kappa shape index (κ3) is 2.80. The van der Waals surface area contributed by atoms with Gasteiger partial charge in [0.15, 0.2) is 0 Å². The van der Waals surface area contributed by atoms with Crippen molar-refractivity contribution in [2.24, 2.45) is 0 Å². The molecule has 0 fully saturated rings. The molecule has 0 bridgehead atoms. The van der Waals surface area contributed by atoms with Gasteiger partial charge in [-0.2, -0.15) is 5.26 Å². The molecule has 0 aromatic heterocycles. The van der Waals surface area contributed by atoms with Crippen LogP contribution in [0.25, 0.3) is 10.8 Å². The van der Waals surface area contributed by atoms with Crippen LogP contribution in [0.15, 0.2) is 63.5 Å². The van der Waals surface area contributed by atoms with Crippen LogP contribution in [-0.4, -0.2) is 0 Å². The zero-order valence-electron chi connectivity index (χ0n) is 10.9. The largest absolute Gasteiger partial charge is 0.354 e. The molecule has 1 N–H and O–H groups in total. The van der Waals surface area contributed by atoms with Gasteiger partial charge in [-0.15, -0.1) is 0 Å². The molecule has 21 heavy (non-hydrogen) atoms. The van der Waals surface area contributed by atoms with Gasteiger partial charge in [-0.3, -0.25) is 0 Å². The second-order valence-electron chi connectivity index (χ2n) is 4.57.